The van der Waals surface area contributed by atoms with Gasteiger partial charge >= 0.3 is 0 Å². The molecule has 0 spiro atoms. The summed E-state index contributed by atoms with van der Waals surface area (Å²) >= 11 is 0. The van der Waals surface area contributed by atoms with E-state index in [4.69, 9.17) is 10.3 Å². The average Bonchev–Trinajstić information content (AvgIpc) is 2.17. The summed E-state index contributed by atoms with van der Waals surface area (Å²) in [5, 5.41) is 0. The fraction of sp³-hybridized carbons (Fsp3) is 0.300. The summed E-state index contributed by atoms with van der Waals surface area (Å²) in [5.41, 5.74) is 10.6. The second-order valence-electron chi connectivity index (χ2n) is 3.29. The van der Waals surface area contributed by atoms with E-state index in [2.05, 4.69) is 5.73 Å². The fourth-order valence-corrected chi connectivity index (χ4v) is 1.33. The molecule has 0 aliphatic carbocycles. The van der Waals surface area contributed by atoms with Crippen molar-refractivity contribution in [2.75, 3.05) is 6.54 Å². The summed E-state index contributed by atoms with van der Waals surface area (Å²) in [4.78, 5) is 9.67. The average molecular weight is 260 g/mol. The second kappa shape index (κ2) is 7.00. The van der Waals surface area contributed by atoms with Crippen molar-refractivity contribution in [3.8, 4) is 0 Å². The highest BCUT2D eigenvalue weighted by molar-refractivity contribution is 7.85. The number of carbonyl (C=O) groups is 1. The summed E-state index contributed by atoms with van der Waals surface area (Å²) in [6, 6.07) is 5.99. The first-order valence-corrected chi connectivity index (χ1v) is 6.24. The third kappa shape index (κ3) is 7.45. The minimum atomic E-state index is -4.02. The molecule has 0 saturated heterocycles. The van der Waals surface area contributed by atoms with Crippen molar-refractivity contribution in [3.63, 3.8) is 0 Å². The van der Waals surface area contributed by atoms with Crippen LogP contribution in [0.25, 0.3) is 0 Å². The van der Waals surface area contributed by atoms with Crippen molar-refractivity contribution in [2.24, 2.45) is 11.5 Å². The number of rotatable bonds is 3. The zero-order valence-corrected chi connectivity index (χ0v) is 10.3. The quantitative estimate of drug-likeness (QED) is 0.663. The molecule has 1 rings (SSSR count). The molecule has 0 aliphatic rings. The summed E-state index contributed by atoms with van der Waals surface area (Å²) in [5.74, 6) is -0.336. The van der Waals surface area contributed by atoms with Crippen LogP contribution in [0.1, 0.15) is 12.0 Å². The van der Waals surface area contributed by atoms with Crippen LogP contribution in [-0.4, -0.2) is 25.4 Å². The maximum atomic E-state index is 10.5. The van der Waals surface area contributed by atoms with Crippen LogP contribution < -0.4 is 11.5 Å². The van der Waals surface area contributed by atoms with Crippen LogP contribution in [0.3, 0.4) is 0 Å². The number of benzene rings is 1. The summed E-state index contributed by atoms with van der Waals surface area (Å²) in [6.07, 6.45) is 0.292. The lowest BCUT2D eigenvalue weighted by molar-refractivity contribution is -0.117. The molecule has 0 radical (unpaired) electrons. The molecule has 1 aromatic rings. The van der Waals surface area contributed by atoms with Gasteiger partial charge in [0.05, 0.1) is 4.90 Å². The molecule has 0 saturated carbocycles. The smallest absolute Gasteiger partial charge is 0.294 e. The summed E-state index contributed by atoms with van der Waals surface area (Å²) < 4.78 is 29.6. The summed E-state index contributed by atoms with van der Waals surface area (Å²) in [7, 11) is -4.02. The van der Waals surface area contributed by atoms with Gasteiger partial charge in [0.25, 0.3) is 10.1 Å². The van der Waals surface area contributed by atoms with Crippen LogP contribution in [0.5, 0.6) is 0 Å². The van der Waals surface area contributed by atoms with Gasteiger partial charge in [-0.05, 0) is 19.1 Å². The van der Waals surface area contributed by atoms with E-state index in [0.29, 0.717) is 13.0 Å². The van der Waals surface area contributed by atoms with Crippen LogP contribution >= 0.6 is 0 Å². The van der Waals surface area contributed by atoms with Gasteiger partial charge in [0, 0.05) is 13.0 Å². The Bertz CT molecular complexity index is 454. The third-order valence-corrected chi connectivity index (χ3v) is 2.58. The van der Waals surface area contributed by atoms with Gasteiger partial charge < -0.3 is 11.5 Å². The molecule has 5 N–H and O–H groups in total. The Morgan fingerprint density at radius 2 is 1.76 bits per heavy atom. The molecule has 0 atom stereocenters. The molecule has 0 unspecified atom stereocenters. The normalized spacial score (nSPS) is 10.3. The highest BCUT2D eigenvalue weighted by atomic mass is 32.2. The standard InChI is InChI=1S/C7H8O3S.C3H8N2O/c1-6-2-4-7(5-3-6)11(8,9)10;4-2-1-3(5)6/h2-5H,1H3,(H,8,9,10);1-2,4H2,(H2,5,6). The van der Waals surface area contributed by atoms with E-state index in [-0.39, 0.29) is 10.8 Å². The zero-order valence-electron chi connectivity index (χ0n) is 9.46. The Morgan fingerprint density at radius 1 is 1.29 bits per heavy atom. The number of nitrogens with two attached hydrogens (primary N) is 2. The van der Waals surface area contributed by atoms with Crippen molar-refractivity contribution < 1.29 is 17.8 Å². The van der Waals surface area contributed by atoms with E-state index in [1.54, 1.807) is 12.1 Å². The molecule has 0 aliphatic heterocycles. The van der Waals surface area contributed by atoms with Crippen molar-refractivity contribution in [1.82, 2.24) is 0 Å². The maximum absolute atomic E-state index is 10.5. The maximum Gasteiger partial charge on any atom is 0.294 e. The number of amides is 1. The van der Waals surface area contributed by atoms with Gasteiger partial charge in [-0.3, -0.25) is 9.35 Å². The fourth-order valence-electron chi connectivity index (χ4n) is 0.852. The Morgan fingerprint density at radius 3 is 2.00 bits per heavy atom. The van der Waals surface area contributed by atoms with Crippen molar-refractivity contribution in [2.45, 2.75) is 18.2 Å². The number of primary amides is 1. The van der Waals surface area contributed by atoms with E-state index in [0.717, 1.165) is 5.56 Å². The molecule has 0 fully saturated rings. The first-order chi connectivity index (χ1) is 7.77. The third-order valence-electron chi connectivity index (χ3n) is 1.71. The molecular formula is C10H16N2O4S. The molecule has 7 heteroatoms. The summed E-state index contributed by atoms with van der Waals surface area (Å²) in [6.45, 7) is 2.20. The number of hydrogen-bond donors (Lipinski definition) is 3. The van der Waals surface area contributed by atoms with Crippen LogP contribution in [0, 0.1) is 6.92 Å². The molecule has 17 heavy (non-hydrogen) atoms. The molecular weight excluding hydrogens is 244 g/mol. The van der Waals surface area contributed by atoms with E-state index in [1.807, 2.05) is 6.92 Å². The lowest BCUT2D eigenvalue weighted by Gasteiger charge is -1.95. The predicted molar refractivity (Wildman–Crippen MR) is 63.9 cm³/mol. The van der Waals surface area contributed by atoms with Gasteiger partial charge in [-0.25, -0.2) is 0 Å². The highest BCUT2D eigenvalue weighted by Crippen LogP contribution is 2.08. The Kier molecular flexibility index (Phi) is 6.40. The van der Waals surface area contributed by atoms with Crippen molar-refractivity contribution >= 4 is 16.0 Å². The van der Waals surface area contributed by atoms with Gasteiger partial charge in [0.15, 0.2) is 0 Å². The molecule has 0 aromatic heterocycles. The van der Waals surface area contributed by atoms with Gasteiger partial charge in [-0.1, -0.05) is 17.7 Å². The van der Waals surface area contributed by atoms with E-state index < -0.39 is 10.1 Å². The van der Waals surface area contributed by atoms with Gasteiger partial charge in [-0.2, -0.15) is 8.42 Å². The topological polar surface area (TPSA) is 123 Å². The highest BCUT2D eigenvalue weighted by Gasteiger charge is 2.06. The molecule has 96 valence electrons. The monoisotopic (exact) mass is 260 g/mol. The van der Waals surface area contributed by atoms with Crippen LogP contribution in [0.2, 0.25) is 0 Å². The molecule has 1 amide bonds. The first kappa shape index (κ1) is 15.6. The molecule has 0 bridgehead atoms. The lowest BCUT2D eigenvalue weighted by atomic mass is 10.2. The van der Waals surface area contributed by atoms with Crippen LogP contribution in [0.15, 0.2) is 29.2 Å². The first-order valence-electron chi connectivity index (χ1n) is 4.80. The molecule has 1 aromatic carbocycles. The molecule has 0 heterocycles. The second-order valence-corrected chi connectivity index (χ2v) is 4.71. The Hall–Kier alpha value is -1.44. The van der Waals surface area contributed by atoms with Gasteiger partial charge in [-0.15, -0.1) is 0 Å². The van der Waals surface area contributed by atoms with Gasteiger partial charge in [0.1, 0.15) is 0 Å². The number of carbonyl (C=O) groups excluding carboxylic acids is 1. The Balaban J connectivity index is 0.000000366. The number of hydrogen-bond acceptors (Lipinski definition) is 4. The number of aryl methyl sites for hydroxylation is 1. The lowest BCUT2D eigenvalue weighted by Crippen LogP contribution is -2.15. The van der Waals surface area contributed by atoms with E-state index in [1.165, 1.54) is 12.1 Å². The van der Waals surface area contributed by atoms with Gasteiger partial charge in [0.2, 0.25) is 5.91 Å². The molecule has 6 nitrogen and oxygen atoms in total. The van der Waals surface area contributed by atoms with E-state index >= 15 is 0 Å². The van der Waals surface area contributed by atoms with Crippen molar-refractivity contribution in [1.29, 1.82) is 0 Å². The minimum absolute atomic E-state index is 0.0666. The van der Waals surface area contributed by atoms with Crippen LogP contribution in [-0.2, 0) is 14.9 Å². The predicted octanol–water partition coefficient (Wildman–Crippen LogP) is 0.0622. The minimum Gasteiger partial charge on any atom is -0.370 e. The van der Waals surface area contributed by atoms with Crippen molar-refractivity contribution in [3.05, 3.63) is 29.8 Å². The zero-order chi connectivity index (χ0) is 13.5. The largest absolute Gasteiger partial charge is 0.370 e. The SMILES string of the molecule is Cc1ccc(S(=O)(=O)O)cc1.NCCC(N)=O. The van der Waals surface area contributed by atoms with Crippen LogP contribution in [0.4, 0.5) is 0 Å². The van der Waals surface area contributed by atoms with E-state index in [9.17, 15) is 13.2 Å². The Labute approximate surface area is 100 Å².